The van der Waals surface area contributed by atoms with E-state index >= 15 is 0 Å². The Bertz CT molecular complexity index is 1140. The number of hydrogen-bond acceptors (Lipinski definition) is 4. The van der Waals surface area contributed by atoms with Crippen LogP contribution in [0.3, 0.4) is 0 Å². The average molecular weight is 439 g/mol. The van der Waals surface area contributed by atoms with Crippen LogP contribution in [0, 0.1) is 6.92 Å². The summed E-state index contributed by atoms with van der Waals surface area (Å²) in [6.07, 6.45) is 1.57. The second-order valence-corrected chi connectivity index (χ2v) is 7.87. The number of halogens is 1. The first-order valence-electron chi connectivity index (χ1n) is 10.2. The van der Waals surface area contributed by atoms with Gasteiger partial charge < -0.3 is 15.1 Å². The number of rotatable bonds is 6. The van der Waals surface area contributed by atoms with Crippen molar-refractivity contribution in [1.29, 1.82) is 0 Å². The fraction of sp³-hybridized carbons (Fsp3) is 0.292. The van der Waals surface area contributed by atoms with Crippen molar-refractivity contribution in [2.75, 3.05) is 32.5 Å². The molecule has 7 heteroatoms. The Morgan fingerprint density at radius 2 is 1.68 bits per heavy atom. The molecule has 2 aromatic carbocycles. The van der Waals surface area contributed by atoms with E-state index in [1.54, 1.807) is 42.2 Å². The van der Waals surface area contributed by atoms with Gasteiger partial charge >= 0.3 is 0 Å². The minimum absolute atomic E-state index is 0.0674. The Labute approximate surface area is 187 Å². The van der Waals surface area contributed by atoms with Crippen LogP contribution in [0.25, 0.3) is 10.8 Å². The molecule has 0 aliphatic carbocycles. The molecule has 0 radical (unpaired) electrons. The summed E-state index contributed by atoms with van der Waals surface area (Å²) in [5.74, 6) is 0.408. The molecule has 2 amide bonds. The summed E-state index contributed by atoms with van der Waals surface area (Å²) in [6.45, 7) is 6.99. The molecular formula is C24H27ClN4O2. The largest absolute Gasteiger partial charge is 0.345 e. The molecule has 0 spiro atoms. The van der Waals surface area contributed by atoms with Gasteiger partial charge in [-0.05, 0) is 44.5 Å². The lowest BCUT2D eigenvalue weighted by Crippen LogP contribution is -2.30. The topological polar surface area (TPSA) is 65.5 Å². The van der Waals surface area contributed by atoms with Crippen LogP contribution >= 0.6 is 11.6 Å². The summed E-state index contributed by atoms with van der Waals surface area (Å²) < 4.78 is 0. The van der Waals surface area contributed by atoms with E-state index < -0.39 is 0 Å². The van der Waals surface area contributed by atoms with Gasteiger partial charge in [-0.25, -0.2) is 4.98 Å². The molecule has 0 aliphatic heterocycles. The molecule has 3 rings (SSSR count). The van der Waals surface area contributed by atoms with Crippen LogP contribution < -0.4 is 5.32 Å². The summed E-state index contributed by atoms with van der Waals surface area (Å²) in [5, 5.41) is 5.24. The molecule has 31 heavy (non-hydrogen) atoms. The van der Waals surface area contributed by atoms with Crippen molar-refractivity contribution in [2.45, 2.75) is 20.8 Å². The number of carbonyl (C=O) groups is 2. The third kappa shape index (κ3) is 4.35. The zero-order chi connectivity index (χ0) is 22.7. The number of anilines is 2. The minimum Gasteiger partial charge on any atom is -0.345 e. The van der Waals surface area contributed by atoms with Gasteiger partial charge in [-0.3, -0.25) is 9.59 Å². The van der Waals surface area contributed by atoms with Gasteiger partial charge in [0, 0.05) is 60.4 Å². The smallest absolute Gasteiger partial charge is 0.256 e. The van der Waals surface area contributed by atoms with Crippen LogP contribution in [0.5, 0.6) is 0 Å². The highest BCUT2D eigenvalue weighted by molar-refractivity contribution is 6.37. The zero-order valence-electron chi connectivity index (χ0n) is 18.5. The number of benzene rings is 2. The Morgan fingerprint density at radius 1 is 1.00 bits per heavy atom. The van der Waals surface area contributed by atoms with E-state index in [1.165, 1.54) is 0 Å². The molecule has 0 unspecified atom stereocenters. The fourth-order valence-electron chi connectivity index (χ4n) is 3.57. The third-order valence-electron chi connectivity index (χ3n) is 5.37. The second kappa shape index (κ2) is 9.35. The first-order chi connectivity index (χ1) is 14.8. The van der Waals surface area contributed by atoms with Crippen LogP contribution in [0.2, 0.25) is 5.02 Å². The second-order valence-electron chi connectivity index (χ2n) is 7.46. The van der Waals surface area contributed by atoms with Crippen LogP contribution in [0.15, 0.2) is 42.6 Å². The predicted molar refractivity (Wildman–Crippen MR) is 126 cm³/mol. The maximum Gasteiger partial charge on any atom is 0.256 e. The zero-order valence-corrected chi connectivity index (χ0v) is 19.2. The van der Waals surface area contributed by atoms with Crippen molar-refractivity contribution in [1.82, 2.24) is 14.8 Å². The Kier molecular flexibility index (Phi) is 6.81. The fourth-order valence-corrected chi connectivity index (χ4v) is 3.85. The maximum atomic E-state index is 13.0. The van der Waals surface area contributed by atoms with Crippen molar-refractivity contribution in [3.63, 3.8) is 0 Å². The van der Waals surface area contributed by atoms with Gasteiger partial charge in [0.25, 0.3) is 11.8 Å². The molecule has 0 fully saturated rings. The number of nitrogens with one attached hydrogen (secondary N) is 1. The highest BCUT2D eigenvalue weighted by atomic mass is 35.5. The third-order valence-corrected chi connectivity index (χ3v) is 5.68. The van der Waals surface area contributed by atoms with Gasteiger partial charge in [0.1, 0.15) is 5.82 Å². The van der Waals surface area contributed by atoms with Gasteiger partial charge in [-0.2, -0.15) is 0 Å². The lowest BCUT2D eigenvalue weighted by atomic mass is 10.0. The number of amides is 2. The Balaban J connectivity index is 2.11. The molecular weight excluding hydrogens is 412 g/mol. The first kappa shape index (κ1) is 22.6. The molecule has 1 aromatic heterocycles. The summed E-state index contributed by atoms with van der Waals surface area (Å²) in [6, 6.07) is 11.0. The van der Waals surface area contributed by atoms with Crippen molar-refractivity contribution in [2.24, 2.45) is 0 Å². The van der Waals surface area contributed by atoms with Crippen LogP contribution in [0.4, 0.5) is 11.5 Å². The molecule has 0 saturated heterocycles. The van der Waals surface area contributed by atoms with E-state index in [-0.39, 0.29) is 11.8 Å². The number of hydrogen-bond donors (Lipinski definition) is 1. The van der Waals surface area contributed by atoms with Crippen molar-refractivity contribution < 1.29 is 9.59 Å². The minimum atomic E-state index is -0.100. The van der Waals surface area contributed by atoms with Crippen LogP contribution in [-0.2, 0) is 0 Å². The van der Waals surface area contributed by atoms with E-state index in [9.17, 15) is 9.59 Å². The Hall–Kier alpha value is -3.12. The molecule has 0 saturated carbocycles. The molecule has 0 aliphatic rings. The molecule has 162 valence electrons. The average Bonchev–Trinajstić information content (AvgIpc) is 2.76. The van der Waals surface area contributed by atoms with E-state index in [4.69, 9.17) is 11.6 Å². The highest BCUT2D eigenvalue weighted by Crippen LogP contribution is 2.33. The van der Waals surface area contributed by atoms with E-state index in [0.717, 1.165) is 16.6 Å². The predicted octanol–water partition coefficient (Wildman–Crippen LogP) is 5.12. The lowest BCUT2D eigenvalue weighted by molar-refractivity contribution is 0.0773. The van der Waals surface area contributed by atoms with Crippen molar-refractivity contribution in [3.8, 4) is 0 Å². The van der Waals surface area contributed by atoms with Crippen LogP contribution in [-0.4, -0.2) is 53.8 Å². The first-order valence-corrected chi connectivity index (χ1v) is 10.6. The van der Waals surface area contributed by atoms with Gasteiger partial charge in [-0.15, -0.1) is 0 Å². The number of aromatic nitrogens is 1. The van der Waals surface area contributed by atoms with E-state index in [0.29, 0.717) is 40.4 Å². The van der Waals surface area contributed by atoms with Crippen molar-refractivity contribution in [3.05, 3.63) is 64.3 Å². The van der Waals surface area contributed by atoms with Gasteiger partial charge in [-0.1, -0.05) is 29.8 Å². The van der Waals surface area contributed by atoms with E-state index in [2.05, 4.69) is 10.3 Å². The summed E-state index contributed by atoms with van der Waals surface area (Å²) in [7, 11) is 3.45. The molecule has 0 atom stereocenters. The number of pyridine rings is 1. The Morgan fingerprint density at radius 3 is 2.32 bits per heavy atom. The van der Waals surface area contributed by atoms with E-state index in [1.807, 2.05) is 45.0 Å². The molecule has 1 heterocycles. The maximum absolute atomic E-state index is 13.0. The molecule has 0 bridgehead atoms. The molecule has 1 N–H and O–H groups in total. The SMILES string of the molecule is CCN(CC)C(=O)c1cnc(Nc2cccc(C(=O)N(C)C)c2C)c2cccc(Cl)c12. The monoisotopic (exact) mass is 438 g/mol. The summed E-state index contributed by atoms with van der Waals surface area (Å²) >= 11 is 6.53. The van der Waals surface area contributed by atoms with Crippen LogP contribution in [0.1, 0.15) is 40.1 Å². The van der Waals surface area contributed by atoms with Gasteiger partial charge in [0.15, 0.2) is 0 Å². The summed E-state index contributed by atoms with van der Waals surface area (Å²) in [5.41, 5.74) is 2.68. The summed E-state index contributed by atoms with van der Waals surface area (Å²) in [4.78, 5) is 33.4. The quantitative estimate of drug-likeness (QED) is 0.579. The number of fused-ring (bicyclic) bond motifs is 1. The van der Waals surface area contributed by atoms with Gasteiger partial charge in [0.05, 0.1) is 5.56 Å². The molecule has 6 nitrogen and oxygen atoms in total. The highest BCUT2D eigenvalue weighted by Gasteiger charge is 2.20. The number of carbonyl (C=O) groups excluding carboxylic acids is 2. The number of nitrogens with zero attached hydrogens (tertiary/aromatic N) is 3. The van der Waals surface area contributed by atoms with Gasteiger partial charge in [0.2, 0.25) is 0 Å². The normalized spacial score (nSPS) is 10.8. The molecule has 3 aromatic rings. The standard InChI is InChI=1S/C24H27ClN4O2/c1-6-29(7-2)24(31)18-14-26-22(17-11-8-12-19(25)21(17)18)27-20-13-9-10-16(15(20)3)23(30)28(4)5/h8-14H,6-7H2,1-5H3,(H,26,27). The lowest BCUT2D eigenvalue weighted by Gasteiger charge is -2.21. The van der Waals surface area contributed by atoms with Crippen molar-refractivity contribution >= 4 is 45.7 Å².